The molecular formula is C14H19FN2. The van der Waals surface area contributed by atoms with E-state index in [2.05, 4.69) is 4.90 Å². The van der Waals surface area contributed by atoms with Gasteiger partial charge >= 0.3 is 0 Å². The van der Waals surface area contributed by atoms with Gasteiger partial charge in [0.15, 0.2) is 0 Å². The quantitative estimate of drug-likeness (QED) is 0.851. The van der Waals surface area contributed by atoms with Crippen LogP contribution in [0.3, 0.4) is 0 Å². The van der Waals surface area contributed by atoms with E-state index in [9.17, 15) is 4.39 Å². The second-order valence-electron chi connectivity index (χ2n) is 5.35. The zero-order valence-electron chi connectivity index (χ0n) is 9.98. The lowest BCUT2D eigenvalue weighted by molar-refractivity contribution is 0.167. The largest absolute Gasteiger partial charge is 0.368 e. The van der Waals surface area contributed by atoms with Crippen molar-refractivity contribution in [1.29, 1.82) is 0 Å². The molecule has 1 aromatic rings. The lowest BCUT2D eigenvalue weighted by Gasteiger charge is -2.50. The number of halogens is 1. The Morgan fingerprint density at radius 1 is 1.24 bits per heavy atom. The van der Waals surface area contributed by atoms with Crippen LogP contribution < -0.4 is 10.6 Å². The lowest BCUT2D eigenvalue weighted by atomic mass is 9.72. The third-order valence-corrected chi connectivity index (χ3v) is 4.45. The summed E-state index contributed by atoms with van der Waals surface area (Å²) in [5.41, 5.74) is 6.99. The van der Waals surface area contributed by atoms with Gasteiger partial charge in [0.2, 0.25) is 0 Å². The van der Waals surface area contributed by atoms with Crippen LogP contribution in [0.5, 0.6) is 0 Å². The third-order valence-electron chi connectivity index (χ3n) is 4.45. The number of nitrogens with zero attached hydrogens (tertiary/aromatic N) is 1. The second kappa shape index (κ2) is 4.30. The van der Waals surface area contributed by atoms with E-state index in [1.807, 2.05) is 12.1 Å². The highest BCUT2D eigenvalue weighted by Gasteiger charge is 2.39. The van der Waals surface area contributed by atoms with Gasteiger partial charge in [-0.2, -0.15) is 0 Å². The molecule has 1 aliphatic carbocycles. The van der Waals surface area contributed by atoms with Crippen LogP contribution in [0.15, 0.2) is 24.3 Å². The fourth-order valence-electron chi connectivity index (χ4n) is 3.46. The van der Waals surface area contributed by atoms with E-state index >= 15 is 0 Å². The first-order valence-electron chi connectivity index (χ1n) is 6.50. The van der Waals surface area contributed by atoms with Crippen molar-refractivity contribution in [2.45, 2.75) is 25.3 Å². The van der Waals surface area contributed by atoms with Crippen molar-refractivity contribution in [2.75, 3.05) is 18.0 Å². The van der Waals surface area contributed by atoms with Crippen LogP contribution in [0.25, 0.3) is 0 Å². The Labute approximate surface area is 102 Å². The van der Waals surface area contributed by atoms with Crippen LogP contribution in [0.1, 0.15) is 19.3 Å². The smallest absolute Gasteiger partial charge is 0.123 e. The molecule has 4 rings (SSSR count). The van der Waals surface area contributed by atoms with E-state index < -0.39 is 0 Å². The van der Waals surface area contributed by atoms with Crippen molar-refractivity contribution >= 4 is 5.69 Å². The average Bonchev–Trinajstić information content (AvgIpc) is 2.40. The molecule has 0 spiro atoms. The molecule has 3 unspecified atom stereocenters. The number of fused-ring (bicyclic) bond motifs is 3. The predicted molar refractivity (Wildman–Crippen MR) is 67.4 cm³/mol. The van der Waals surface area contributed by atoms with Crippen molar-refractivity contribution in [1.82, 2.24) is 0 Å². The monoisotopic (exact) mass is 234 g/mol. The summed E-state index contributed by atoms with van der Waals surface area (Å²) < 4.78 is 12.9. The zero-order chi connectivity index (χ0) is 11.8. The summed E-state index contributed by atoms with van der Waals surface area (Å²) in [7, 11) is 0. The predicted octanol–water partition coefficient (Wildman–Crippen LogP) is 2.39. The number of piperidine rings is 2. The van der Waals surface area contributed by atoms with Gasteiger partial charge in [-0.05, 0) is 61.9 Å². The maximum Gasteiger partial charge on any atom is 0.123 e. The van der Waals surface area contributed by atoms with E-state index in [4.69, 9.17) is 5.73 Å². The van der Waals surface area contributed by atoms with Crippen LogP contribution in [-0.2, 0) is 0 Å². The Morgan fingerprint density at radius 2 is 2.00 bits per heavy atom. The van der Waals surface area contributed by atoms with Crippen molar-refractivity contribution in [2.24, 2.45) is 17.6 Å². The summed E-state index contributed by atoms with van der Waals surface area (Å²) in [6.07, 6.45) is 3.78. The minimum Gasteiger partial charge on any atom is -0.368 e. The van der Waals surface area contributed by atoms with E-state index in [0.717, 1.165) is 24.7 Å². The highest BCUT2D eigenvalue weighted by Crippen LogP contribution is 2.40. The molecule has 2 nitrogen and oxygen atoms in total. The molecule has 0 amide bonds. The number of nitrogens with two attached hydrogens (primary N) is 1. The molecule has 1 aromatic carbocycles. The lowest BCUT2D eigenvalue weighted by Crippen LogP contribution is -2.53. The third kappa shape index (κ3) is 1.93. The molecule has 2 bridgehead atoms. The Bertz CT molecular complexity index is 390. The highest BCUT2D eigenvalue weighted by molar-refractivity contribution is 5.48. The molecule has 2 heterocycles. The summed E-state index contributed by atoms with van der Waals surface area (Å²) in [6.45, 7) is 1.91. The maximum atomic E-state index is 12.9. The fourth-order valence-corrected chi connectivity index (χ4v) is 3.46. The molecule has 2 saturated heterocycles. The molecule has 92 valence electrons. The van der Waals surface area contributed by atoms with Gasteiger partial charge in [-0.15, -0.1) is 0 Å². The zero-order valence-corrected chi connectivity index (χ0v) is 9.98. The molecular weight excluding hydrogens is 215 g/mol. The fraction of sp³-hybridized carbons (Fsp3) is 0.571. The minimum absolute atomic E-state index is 0.157. The normalized spacial score (nSPS) is 31.9. The first-order chi connectivity index (χ1) is 8.28. The number of hydrogen-bond donors (Lipinski definition) is 1. The molecule has 3 fully saturated rings. The number of rotatable bonds is 2. The van der Waals surface area contributed by atoms with Crippen LogP contribution in [0.2, 0.25) is 0 Å². The number of hydrogen-bond acceptors (Lipinski definition) is 2. The highest BCUT2D eigenvalue weighted by atomic mass is 19.1. The van der Waals surface area contributed by atoms with Gasteiger partial charge in [0.1, 0.15) is 5.82 Å². The Morgan fingerprint density at radius 3 is 2.59 bits per heavy atom. The summed E-state index contributed by atoms with van der Waals surface area (Å²) in [5.74, 6) is 1.27. The summed E-state index contributed by atoms with van der Waals surface area (Å²) in [6, 6.07) is 7.51. The van der Waals surface area contributed by atoms with Crippen molar-refractivity contribution in [3.05, 3.63) is 30.1 Å². The van der Waals surface area contributed by atoms with Crippen molar-refractivity contribution < 1.29 is 4.39 Å². The SMILES string of the molecule is NCC1CC2CCC1CN2c1ccc(F)cc1. The minimum atomic E-state index is -0.157. The molecule has 0 radical (unpaired) electrons. The number of benzene rings is 1. The van der Waals surface area contributed by atoms with Gasteiger partial charge in [-0.1, -0.05) is 0 Å². The van der Waals surface area contributed by atoms with Gasteiger partial charge in [-0.3, -0.25) is 0 Å². The van der Waals surface area contributed by atoms with E-state index in [-0.39, 0.29) is 5.82 Å². The molecule has 2 aliphatic heterocycles. The van der Waals surface area contributed by atoms with Crippen molar-refractivity contribution in [3.63, 3.8) is 0 Å². The summed E-state index contributed by atoms with van der Waals surface area (Å²) in [5, 5.41) is 0. The van der Waals surface area contributed by atoms with Crippen LogP contribution >= 0.6 is 0 Å². The molecule has 3 heteroatoms. The van der Waals surface area contributed by atoms with E-state index in [1.54, 1.807) is 12.1 Å². The van der Waals surface area contributed by atoms with Crippen LogP contribution in [0, 0.1) is 17.7 Å². The summed E-state index contributed by atoms with van der Waals surface area (Å²) in [4.78, 5) is 2.44. The standard InChI is InChI=1S/C14H19FN2/c15-12-2-5-13(6-3-12)17-9-10-1-4-14(17)7-11(10)8-16/h2-3,5-6,10-11,14H,1,4,7-9,16H2. The molecule has 17 heavy (non-hydrogen) atoms. The van der Waals surface area contributed by atoms with Gasteiger partial charge in [0.25, 0.3) is 0 Å². The van der Waals surface area contributed by atoms with Gasteiger partial charge in [-0.25, -0.2) is 4.39 Å². The van der Waals surface area contributed by atoms with Crippen molar-refractivity contribution in [3.8, 4) is 0 Å². The average molecular weight is 234 g/mol. The first kappa shape index (κ1) is 11.0. The second-order valence-corrected chi connectivity index (χ2v) is 5.35. The van der Waals surface area contributed by atoms with E-state index in [0.29, 0.717) is 12.0 Å². The van der Waals surface area contributed by atoms with Crippen LogP contribution in [0.4, 0.5) is 10.1 Å². The molecule has 2 N–H and O–H groups in total. The molecule has 3 atom stereocenters. The Hall–Kier alpha value is -1.09. The van der Waals surface area contributed by atoms with Crippen LogP contribution in [-0.4, -0.2) is 19.1 Å². The summed E-state index contributed by atoms with van der Waals surface area (Å²) >= 11 is 0. The van der Waals surface area contributed by atoms with Gasteiger partial charge < -0.3 is 10.6 Å². The maximum absolute atomic E-state index is 12.9. The molecule has 1 saturated carbocycles. The number of anilines is 1. The Balaban J connectivity index is 1.80. The Kier molecular flexibility index (Phi) is 2.79. The topological polar surface area (TPSA) is 29.3 Å². The van der Waals surface area contributed by atoms with Gasteiger partial charge in [0, 0.05) is 18.3 Å². The molecule has 3 aliphatic rings. The molecule has 0 aromatic heterocycles. The first-order valence-corrected chi connectivity index (χ1v) is 6.50. The van der Waals surface area contributed by atoms with E-state index in [1.165, 1.54) is 19.3 Å². The van der Waals surface area contributed by atoms with Gasteiger partial charge in [0.05, 0.1) is 0 Å².